The van der Waals surface area contributed by atoms with Crippen LogP contribution in [0.3, 0.4) is 0 Å². The highest BCUT2D eigenvalue weighted by Gasteiger charge is 2.27. The summed E-state index contributed by atoms with van der Waals surface area (Å²) in [4.78, 5) is 0. The maximum Gasteiger partial charge on any atom is 0.0759 e. The predicted octanol–water partition coefficient (Wildman–Crippen LogP) is 2.92. The summed E-state index contributed by atoms with van der Waals surface area (Å²) in [5, 5.41) is 12.0. The van der Waals surface area contributed by atoms with Crippen LogP contribution in [0.15, 0.2) is 6.20 Å². The summed E-state index contributed by atoms with van der Waals surface area (Å²) in [6, 6.07) is 0.442. The van der Waals surface area contributed by atoms with Gasteiger partial charge in [-0.15, -0.1) is 5.10 Å². The Morgan fingerprint density at radius 2 is 2.11 bits per heavy atom. The molecule has 18 heavy (non-hydrogen) atoms. The molecule has 1 aromatic rings. The molecule has 0 spiro atoms. The second-order valence-corrected chi connectivity index (χ2v) is 5.32. The zero-order valence-corrected chi connectivity index (χ0v) is 11.7. The number of nitrogens with one attached hydrogen (secondary N) is 1. The zero-order chi connectivity index (χ0) is 12.8. The van der Waals surface area contributed by atoms with Crippen LogP contribution in [0.5, 0.6) is 0 Å². The highest BCUT2D eigenvalue weighted by Crippen LogP contribution is 2.34. The van der Waals surface area contributed by atoms with Gasteiger partial charge in [0.25, 0.3) is 0 Å². The fourth-order valence-corrected chi connectivity index (χ4v) is 3.09. The van der Waals surface area contributed by atoms with Gasteiger partial charge in [-0.1, -0.05) is 38.3 Å². The second-order valence-electron chi connectivity index (χ2n) is 5.32. The van der Waals surface area contributed by atoms with Crippen LogP contribution in [0.2, 0.25) is 0 Å². The van der Waals surface area contributed by atoms with Gasteiger partial charge in [0.1, 0.15) is 0 Å². The first-order valence-corrected chi connectivity index (χ1v) is 7.48. The molecule has 1 saturated carbocycles. The van der Waals surface area contributed by atoms with Crippen LogP contribution < -0.4 is 5.32 Å². The molecule has 1 aliphatic carbocycles. The number of nitrogens with zero attached hydrogens (tertiary/aromatic N) is 3. The summed E-state index contributed by atoms with van der Waals surface area (Å²) in [6.45, 7) is 6.36. The second kappa shape index (κ2) is 6.88. The fraction of sp³-hybridized carbons (Fsp3) is 0.857. The minimum atomic E-state index is 0.442. The smallest absolute Gasteiger partial charge is 0.0759 e. The van der Waals surface area contributed by atoms with Crippen molar-refractivity contribution in [2.75, 3.05) is 6.54 Å². The van der Waals surface area contributed by atoms with Crippen LogP contribution in [0.4, 0.5) is 0 Å². The Balaban J connectivity index is 2.14. The lowest BCUT2D eigenvalue weighted by molar-refractivity contribution is 0.263. The summed E-state index contributed by atoms with van der Waals surface area (Å²) in [7, 11) is 0. The number of aryl methyl sites for hydroxylation is 1. The first kappa shape index (κ1) is 13.5. The first-order chi connectivity index (χ1) is 8.86. The first-order valence-electron chi connectivity index (χ1n) is 7.48. The zero-order valence-electron chi connectivity index (χ0n) is 11.7. The van der Waals surface area contributed by atoms with E-state index in [1.165, 1.54) is 37.8 Å². The van der Waals surface area contributed by atoms with Crippen molar-refractivity contribution in [2.24, 2.45) is 5.92 Å². The highest BCUT2D eigenvalue weighted by atomic mass is 15.4. The van der Waals surface area contributed by atoms with E-state index in [4.69, 9.17) is 0 Å². The molecule has 4 heteroatoms. The van der Waals surface area contributed by atoms with Gasteiger partial charge in [-0.3, -0.25) is 0 Å². The molecule has 0 aromatic carbocycles. The third-order valence-electron chi connectivity index (χ3n) is 3.95. The van der Waals surface area contributed by atoms with Crippen molar-refractivity contribution in [3.8, 4) is 0 Å². The third kappa shape index (κ3) is 3.10. The number of hydrogen-bond acceptors (Lipinski definition) is 3. The SMILES string of the molecule is CCCn1nncc1C(NCC)C1CCCCC1. The van der Waals surface area contributed by atoms with E-state index in [0.717, 1.165) is 25.4 Å². The van der Waals surface area contributed by atoms with Gasteiger partial charge in [0.15, 0.2) is 0 Å². The van der Waals surface area contributed by atoms with Crippen molar-refractivity contribution in [3.63, 3.8) is 0 Å². The molecule has 1 unspecified atom stereocenters. The molecule has 1 aromatic heterocycles. The molecule has 2 rings (SSSR count). The summed E-state index contributed by atoms with van der Waals surface area (Å²) >= 11 is 0. The molecule has 1 heterocycles. The van der Waals surface area contributed by atoms with Gasteiger partial charge in [0.05, 0.1) is 17.9 Å². The maximum absolute atomic E-state index is 4.23. The van der Waals surface area contributed by atoms with Gasteiger partial charge in [-0.25, -0.2) is 4.68 Å². The van der Waals surface area contributed by atoms with Crippen LogP contribution in [0, 0.1) is 5.92 Å². The summed E-state index contributed by atoms with van der Waals surface area (Å²) in [6.07, 6.45) is 9.91. The minimum absolute atomic E-state index is 0.442. The van der Waals surface area contributed by atoms with Crippen LogP contribution in [0.1, 0.15) is 64.1 Å². The number of aromatic nitrogens is 3. The van der Waals surface area contributed by atoms with E-state index in [-0.39, 0.29) is 0 Å². The molecule has 0 bridgehead atoms. The Morgan fingerprint density at radius 3 is 2.78 bits per heavy atom. The third-order valence-corrected chi connectivity index (χ3v) is 3.95. The highest BCUT2D eigenvalue weighted by molar-refractivity contribution is 5.05. The minimum Gasteiger partial charge on any atom is -0.309 e. The van der Waals surface area contributed by atoms with Crippen LogP contribution in [-0.4, -0.2) is 21.5 Å². The number of rotatable bonds is 6. The van der Waals surface area contributed by atoms with E-state index in [9.17, 15) is 0 Å². The van der Waals surface area contributed by atoms with E-state index in [1.54, 1.807) is 0 Å². The number of hydrogen-bond donors (Lipinski definition) is 1. The maximum atomic E-state index is 4.23. The van der Waals surface area contributed by atoms with Crippen molar-refractivity contribution in [1.29, 1.82) is 0 Å². The Kier molecular flexibility index (Phi) is 5.17. The molecule has 0 aliphatic heterocycles. The molecular formula is C14H26N4. The van der Waals surface area contributed by atoms with Gasteiger partial charge in [0, 0.05) is 6.54 Å². The lowest BCUT2D eigenvalue weighted by Gasteiger charge is -2.30. The molecule has 1 N–H and O–H groups in total. The van der Waals surface area contributed by atoms with Gasteiger partial charge >= 0.3 is 0 Å². The van der Waals surface area contributed by atoms with Crippen molar-refractivity contribution in [3.05, 3.63) is 11.9 Å². The van der Waals surface area contributed by atoms with Crippen molar-refractivity contribution in [2.45, 2.75) is 65.0 Å². The molecule has 0 saturated heterocycles. The molecule has 1 atom stereocenters. The summed E-state index contributed by atoms with van der Waals surface area (Å²) in [5.74, 6) is 0.757. The lowest BCUT2D eigenvalue weighted by atomic mass is 9.82. The van der Waals surface area contributed by atoms with E-state index in [2.05, 4.69) is 34.2 Å². The molecular weight excluding hydrogens is 224 g/mol. The fourth-order valence-electron chi connectivity index (χ4n) is 3.09. The molecule has 1 aliphatic rings. The largest absolute Gasteiger partial charge is 0.309 e. The van der Waals surface area contributed by atoms with Crippen molar-refractivity contribution >= 4 is 0 Å². The molecule has 0 amide bonds. The monoisotopic (exact) mass is 250 g/mol. The Hall–Kier alpha value is -0.900. The van der Waals surface area contributed by atoms with Gasteiger partial charge in [0.2, 0.25) is 0 Å². The molecule has 4 nitrogen and oxygen atoms in total. The molecule has 1 fully saturated rings. The average molecular weight is 250 g/mol. The van der Waals surface area contributed by atoms with Gasteiger partial charge in [-0.05, 0) is 31.7 Å². The Morgan fingerprint density at radius 1 is 1.33 bits per heavy atom. The quantitative estimate of drug-likeness (QED) is 0.844. The summed E-state index contributed by atoms with van der Waals surface area (Å²) in [5.41, 5.74) is 1.28. The van der Waals surface area contributed by atoms with E-state index >= 15 is 0 Å². The van der Waals surface area contributed by atoms with Crippen LogP contribution in [0.25, 0.3) is 0 Å². The van der Waals surface area contributed by atoms with E-state index < -0.39 is 0 Å². The van der Waals surface area contributed by atoms with E-state index in [0.29, 0.717) is 6.04 Å². The standard InChI is InChI=1S/C14H26N4/c1-3-10-18-13(11-16-17-18)14(15-4-2)12-8-6-5-7-9-12/h11-12,14-15H,3-10H2,1-2H3. The predicted molar refractivity (Wildman–Crippen MR) is 73.3 cm³/mol. The van der Waals surface area contributed by atoms with E-state index in [1.807, 2.05) is 6.20 Å². The topological polar surface area (TPSA) is 42.7 Å². The van der Waals surface area contributed by atoms with Crippen molar-refractivity contribution in [1.82, 2.24) is 20.3 Å². The van der Waals surface area contributed by atoms with Crippen molar-refractivity contribution < 1.29 is 0 Å². The Bertz CT molecular complexity index is 341. The van der Waals surface area contributed by atoms with Gasteiger partial charge < -0.3 is 5.32 Å². The van der Waals surface area contributed by atoms with Gasteiger partial charge in [-0.2, -0.15) is 0 Å². The van der Waals surface area contributed by atoms with Crippen LogP contribution in [-0.2, 0) is 6.54 Å². The lowest BCUT2D eigenvalue weighted by Crippen LogP contribution is -2.31. The normalized spacial score (nSPS) is 19.0. The Labute approximate surface area is 110 Å². The summed E-state index contributed by atoms with van der Waals surface area (Å²) < 4.78 is 2.09. The average Bonchev–Trinajstić information content (AvgIpc) is 2.85. The van der Waals surface area contributed by atoms with Crippen LogP contribution >= 0.6 is 0 Å². The molecule has 102 valence electrons. The molecule has 0 radical (unpaired) electrons.